The maximum Gasteiger partial charge on any atom is 0.229 e. The van der Waals surface area contributed by atoms with E-state index >= 15 is 0 Å². The number of halogens is 2. The summed E-state index contributed by atoms with van der Waals surface area (Å²) in [5.41, 5.74) is 3.41. The van der Waals surface area contributed by atoms with Gasteiger partial charge in [-0.25, -0.2) is 0 Å². The van der Waals surface area contributed by atoms with Crippen LogP contribution in [0.25, 0.3) is 0 Å². The van der Waals surface area contributed by atoms with Gasteiger partial charge in [-0.2, -0.15) is 0 Å². The molecule has 1 fully saturated rings. The highest BCUT2D eigenvalue weighted by Gasteiger charge is 2.36. The number of hydrogen-bond donors (Lipinski definition) is 1. The van der Waals surface area contributed by atoms with Crippen molar-refractivity contribution in [2.24, 2.45) is 5.92 Å². The minimum atomic E-state index is -0.440. The third-order valence-corrected chi connectivity index (χ3v) is 6.00. The van der Waals surface area contributed by atoms with Gasteiger partial charge in [-0.3, -0.25) is 9.59 Å². The van der Waals surface area contributed by atoms with Crippen LogP contribution in [0.3, 0.4) is 0 Å². The maximum absolute atomic E-state index is 12.7. The van der Waals surface area contributed by atoms with Crippen molar-refractivity contribution in [3.05, 3.63) is 51.0 Å². The number of carbonyl (C=O) groups excluding carboxylic acids is 2. The Morgan fingerprint density at radius 3 is 2.70 bits per heavy atom. The Hall–Kier alpha value is -2.05. The quantitative estimate of drug-likeness (QED) is 0.732. The van der Waals surface area contributed by atoms with Crippen molar-refractivity contribution < 1.29 is 14.3 Å². The van der Waals surface area contributed by atoms with E-state index in [1.807, 2.05) is 26.0 Å². The van der Waals surface area contributed by atoms with Crippen molar-refractivity contribution in [1.29, 1.82) is 0 Å². The third-order valence-electron chi connectivity index (χ3n) is 4.91. The molecule has 0 spiro atoms. The van der Waals surface area contributed by atoms with Gasteiger partial charge in [0.05, 0.1) is 18.7 Å². The number of benzene rings is 2. The normalized spacial score (nSPS) is 16.6. The average molecular weight is 452 g/mol. The van der Waals surface area contributed by atoms with Crippen LogP contribution in [0.2, 0.25) is 5.02 Å². The first-order valence-electron chi connectivity index (χ1n) is 8.52. The molecule has 2 amide bonds. The Kier molecular flexibility index (Phi) is 5.77. The third kappa shape index (κ3) is 3.96. The Bertz CT molecular complexity index is 916. The molecule has 0 unspecified atom stereocenters. The molecule has 27 heavy (non-hydrogen) atoms. The fraction of sp³-hybridized carbons (Fsp3) is 0.300. The molecule has 0 radical (unpaired) electrons. The summed E-state index contributed by atoms with van der Waals surface area (Å²) < 4.78 is 6.33. The van der Waals surface area contributed by atoms with Gasteiger partial charge in [0.2, 0.25) is 11.8 Å². The molecule has 142 valence electrons. The fourth-order valence-corrected chi connectivity index (χ4v) is 3.74. The summed E-state index contributed by atoms with van der Waals surface area (Å²) >= 11 is 9.56. The predicted octanol–water partition coefficient (Wildman–Crippen LogP) is 4.72. The summed E-state index contributed by atoms with van der Waals surface area (Å²) in [6.45, 7) is 4.23. The number of amides is 2. The molecule has 1 aliphatic heterocycles. The largest absolute Gasteiger partial charge is 0.495 e. The topological polar surface area (TPSA) is 58.6 Å². The van der Waals surface area contributed by atoms with Crippen molar-refractivity contribution >= 4 is 50.7 Å². The lowest BCUT2D eigenvalue weighted by Crippen LogP contribution is -2.28. The summed E-state index contributed by atoms with van der Waals surface area (Å²) in [5.74, 6) is -0.186. The standard InChI is InChI=1S/C20H20BrClN2O3/c1-11-12(2)16(6-5-15(11)21)23-20(26)13-8-19(25)24(10-13)17-9-14(22)4-7-18(17)27-3/h4-7,9,13H,8,10H2,1-3H3,(H,23,26)/t13-/m0/s1. The number of ether oxygens (including phenoxy) is 1. The number of rotatable bonds is 4. The van der Waals surface area contributed by atoms with Gasteiger partial charge < -0.3 is 15.0 Å². The van der Waals surface area contributed by atoms with Crippen molar-refractivity contribution in [3.63, 3.8) is 0 Å². The lowest BCUT2D eigenvalue weighted by Gasteiger charge is -2.20. The smallest absolute Gasteiger partial charge is 0.229 e. The maximum atomic E-state index is 12.7. The Morgan fingerprint density at radius 2 is 2.00 bits per heavy atom. The monoisotopic (exact) mass is 450 g/mol. The van der Waals surface area contributed by atoms with Crippen LogP contribution in [-0.4, -0.2) is 25.5 Å². The zero-order valence-corrected chi connectivity index (χ0v) is 17.6. The van der Waals surface area contributed by atoms with Crippen LogP contribution >= 0.6 is 27.5 Å². The first kappa shape index (κ1) is 19.7. The Balaban J connectivity index is 1.79. The molecule has 7 heteroatoms. The number of hydrogen-bond acceptors (Lipinski definition) is 3. The second-order valence-electron chi connectivity index (χ2n) is 6.56. The van der Waals surface area contributed by atoms with Gasteiger partial charge >= 0.3 is 0 Å². The van der Waals surface area contributed by atoms with Crippen LogP contribution in [-0.2, 0) is 9.59 Å². The number of anilines is 2. The van der Waals surface area contributed by atoms with Gasteiger partial charge in [-0.1, -0.05) is 27.5 Å². The van der Waals surface area contributed by atoms with Gasteiger partial charge in [0.15, 0.2) is 0 Å². The van der Waals surface area contributed by atoms with Crippen LogP contribution in [0.1, 0.15) is 17.5 Å². The van der Waals surface area contributed by atoms with Crippen LogP contribution in [0.15, 0.2) is 34.8 Å². The number of nitrogens with one attached hydrogen (secondary N) is 1. The molecule has 1 N–H and O–H groups in total. The van der Waals surface area contributed by atoms with E-state index in [4.69, 9.17) is 16.3 Å². The van der Waals surface area contributed by atoms with Crippen molar-refractivity contribution in [2.45, 2.75) is 20.3 Å². The van der Waals surface area contributed by atoms with Gasteiger partial charge in [0.25, 0.3) is 0 Å². The van der Waals surface area contributed by atoms with E-state index in [0.717, 1.165) is 21.3 Å². The SMILES string of the molecule is COc1ccc(Cl)cc1N1C[C@@H](C(=O)Nc2ccc(Br)c(C)c2C)CC1=O. The van der Waals surface area contributed by atoms with Gasteiger partial charge in [0.1, 0.15) is 5.75 Å². The molecule has 1 saturated heterocycles. The highest BCUT2D eigenvalue weighted by molar-refractivity contribution is 9.10. The number of methoxy groups -OCH3 is 1. The van der Waals surface area contributed by atoms with E-state index < -0.39 is 5.92 Å². The second kappa shape index (κ2) is 7.90. The zero-order chi connectivity index (χ0) is 19.7. The van der Waals surface area contributed by atoms with E-state index in [9.17, 15) is 9.59 Å². The molecular weight excluding hydrogens is 432 g/mol. The first-order chi connectivity index (χ1) is 12.8. The van der Waals surface area contributed by atoms with E-state index in [2.05, 4.69) is 21.2 Å². The molecule has 1 atom stereocenters. The first-order valence-corrected chi connectivity index (χ1v) is 9.69. The molecule has 0 saturated carbocycles. The highest BCUT2D eigenvalue weighted by atomic mass is 79.9. The molecule has 2 aromatic carbocycles. The van der Waals surface area contributed by atoms with E-state index in [-0.39, 0.29) is 24.8 Å². The van der Waals surface area contributed by atoms with Gasteiger partial charge in [-0.15, -0.1) is 0 Å². The molecule has 0 aliphatic carbocycles. The minimum absolute atomic E-state index is 0.126. The zero-order valence-electron chi connectivity index (χ0n) is 15.3. The van der Waals surface area contributed by atoms with E-state index in [0.29, 0.717) is 16.5 Å². The summed E-state index contributed by atoms with van der Waals surface area (Å²) in [6.07, 6.45) is 0.149. The van der Waals surface area contributed by atoms with Gasteiger partial charge in [0, 0.05) is 28.1 Å². The Morgan fingerprint density at radius 1 is 1.26 bits per heavy atom. The Labute approximate surface area is 171 Å². The van der Waals surface area contributed by atoms with Crippen LogP contribution in [0, 0.1) is 19.8 Å². The molecule has 1 aliphatic rings. The second-order valence-corrected chi connectivity index (χ2v) is 7.85. The summed E-state index contributed by atoms with van der Waals surface area (Å²) in [4.78, 5) is 26.8. The lowest BCUT2D eigenvalue weighted by molar-refractivity contribution is -0.122. The molecule has 3 rings (SSSR count). The van der Waals surface area contributed by atoms with Crippen molar-refractivity contribution in [3.8, 4) is 5.75 Å². The van der Waals surface area contributed by atoms with Crippen LogP contribution < -0.4 is 15.0 Å². The molecule has 0 bridgehead atoms. The lowest BCUT2D eigenvalue weighted by atomic mass is 10.1. The van der Waals surface area contributed by atoms with E-state index in [1.54, 1.807) is 23.1 Å². The molecular formula is C20H20BrClN2O3. The molecule has 5 nitrogen and oxygen atoms in total. The van der Waals surface area contributed by atoms with Crippen molar-refractivity contribution in [1.82, 2.24) is 0 Å². The van der Waals surface area contributed by atoms with Gasteiger partial charge in [-0.05, 0) is 55.3 Å². The predicted molar refractivity (Wildman–Crippen MR) is 111 cm³/mol. The highest BCUT2D eigenvalue weighted by Crippen LogP contribution is 2.35. The van der Waals surface area contributed by atoms with Crippen LogP contribution in [0.4, 0.5) is 11.4 Å². The van der Waals surface area contributed by atoms with Crippen molar-refractivity contribution in [2.75, 3.05) is 23.9 Å². The molecule has 2 aromatic rings. The average Bonchev–Trinajstić information content (AvgIpc) is 3.04. The van der Waals surface area contributed by atoms with E-state index in [1.165, 1.54) is 7.11 Å². The molecule has 1 heterocycles. The number of nitrogens with zero attached hydrogens (tertiary/aromatic N) is 1. The fourth-order valence-electron chi connectivity index (χ4n) is 3.15. The number of carbonyl (C=O) groups is 2. The van der Waals surface area contributed by atoms with Crippen LogP contribution in [0.5, 0.6) is 5.75 Å². The summed E-state index contributed by atoms with van der Waals surface area (Å²) in [5, 5.41) is 3.46. The summed E-state index contributed by atoms with van der Waals surface area (Å²) in [6, 6.07) is 8.86. The summed E-state index contributed by atoms with van der Waals surface area (Å²) in [7, 11) is 1.54. The minimum Gasteiger partial charge on any atom is -0.495 e. The molecule has 0 aromatic heterocycles.